The second-order valence-corrected chi connectivity index (χ2v) is 4.54. The summed E-state index contributed by atoms with van der Waals surface area (Å²) in [5.41, 5.74) is 1.57. The van der Waals surface area contributed by atoms with Gasteiger partial charge in [0.25, 0.3) is 0 Å². The topological polar surface area (TPSA) is 122 Å². The van der Waals surface area contributed by atoms with Crippen LogP contribution >= 0.6 is 7.82 Å². The second kappa shape index (κ2) is 4.87. The zero-order valence-electron chi connectivity index (χ0n) is 8.94. The van der Waals surface area contributed by atoms with E-state index in [9.17, 15) is 9.36 Å². The largest absolute Gasteiger partial charge is 0.472 e. The number of fused-ring (bicyclic) bond motifs is 1. The van der Waals surface area contributed by atoms with Crippen LogP contribution in [0.4, 0.5) is 0 Å². The average Bonchev–Trinajstić information content (AvgIpc) is 2.73. The fourth-order valence-electron chi connectivity index (χ4n) is 1.29. The first-order valence-electron chi connectivity index (χ1n) is 4.76. The van der Waals surface area contributed by atoms with E-state index < -0.39 is 20.6 Å². The monoisotopic (exact) mass is 272 g/mol. The van der Waals surface area contributed by atoms with Crippen molar-refractivity contribution in [3.8, 4) is 0 Å². The lowest BCUT2D eigenvalue weighted by atomic mass is 10.2. The van der Waals surface area contributed by atoms with Crippen molar-refractivity contribution in [3.63, 3.8) is 0 Å². The number of ether oxygens (including phenoxy) is 1. The number of hydrogen-bond donors (Lipinski definition) is 3. The molecule has 0 radical (unpaired) electrons. The maximum Gasteiger partial charge on any atom is 0.472 e. The Morgan fingerprint density at radius 2 is 2.22 bits per heavy atom. The average molecular weight is 272 g/mol. The molecule has 0 amide bonds. The molecule has 1 aromatic heterocycles. The van der Waals surface area contributed by atoms with Gasteiger partial charge in [0.05, 0.1) is 22.9 Å². The Kier molecular flexibility index (Phi) is 3.44. The molecule has 3 N–H and O–H groups in total. The lowest BCUT2D eigenvalue weighted by molar-refractivity contribution is 0.00652. The van der Waals surface area contributed by atoms with Crippen LogP contribution in [0.15, 0.2) is 24.5 Å². The standard InChI is InChI=1S/C9H9N2O6P/c12-9(16-5-17-18(13,14)15)6-1-2-7-8(3-6)11-4-10-7/h1-4H,5H2,(H,10,11)(H2,13,14,15). The Morgan fingerprint density at radius 3 is 2.94 bits per heavy atom. The molecular weight excluding hydrogens is 263 g/mol. The molecule has 2 aromatic rings. The molecule has 0 saturated heterocycles. The van der Waals surface area contributed by atoms with E-state index in [1.54, 1.807) is 6.07 Å². The number of benzene rings is 1. The molecule has 18 heavy (non-hydrogen) atoms. The quantitative estimate of drug-likeness (QED) is 0.427. The number of H-pyrrole nitrogens is 1. The molecule has 0 aliphatic carbocycles. The van der Waals surface area contributed by atoms with Crippen LogP contribution in [-0.2, 0) is 13.8 Å². The van der Waals surface area contributed by atoms with E-state index in [0.717, 1.165) is 0 Å². The van der Waals surface area contributed by atoms with Crippen molar-refractivity contribution in [3.05, 3.63) is 30.1 Å². The van der Waals surface area contributed by atoms with Crippen molar-refractivity contribution >= 4 is 24.8 Å². The van der Waals surface area contributed by atoms with Crippen LogP contribution in [0, 0.1) is 0 Å². The summed E-state index contributed by atoms with van der Waals surface area (Å²) in [5, 5.41) is 0. The van der Waals surface area contributed by atoms with Crippen LogP contribution in [-0.4, -0.2) is 32.5 Å². The third-order valence-corrected chi connectivity index (χ3v) is 2.51. The van der Waals surface area contributed by atoms with Gasteiger partial charge in [0.1, 0.15) is 0 Å². The number of aromatic nitrogens is 2. The number of nitrogens with zero attached hydrogens (tertiary/aromatic N) is 1. The van der Waals surface area contributed by atoms with Crippen molar-refractivity contribution in [1.82, 2.24) is 9.97 Å². The number of hydrogen-bond acceptors (Lipinski definition) is 5. The highest BCUT2D eigenvalue weighted by Crippen LogP contribution is 2.35. The van der Waals surface area contributed by atoms with Crippen LogP contribution in [0.3, 0.4) is 0 Å². The van der Waals surface area contributed by atoms with Gasteiger partial charge in [-0.3, -0.25) is 0 Å². The van der Waals surface area contributed by atoms with E-state index in [2.05, 4.69) is 19.2 Å². The van der Waals surface area contributed by atoms with Crippen molar-refractivity contribution in [1.29, 1.82) is 0 Å². The minimum absolute atomic E-state index is 0.223. The maximum atomic E-state index is 11.5. The molecule has 96 valence electrons. The van der Waals surface area contributed by atoms with Gasteiger partial charge in [-0.2, -0.15) is 0 Å². The summed E-state index contributed by atoms with van der Waals surface area (Å²) >= 11 is 0. The Labute approximate surface area is 101 Å². The highest BCUT2D eigenvalue weighted by molar-refractivity contribution is 7.46. The fourth-order valence-corrected chi connectivity index (χ4v) is 1.48. The second-order valence-electron chi connectivity index (χ2n) is 3.30. The molecule has 0 fully saturated rings. The first-order chi connectivity index (χ1) is 8.46. The first kappa shape index (κ1) is 12.7. The summed E-state index contributed by atoms with van der Waals surface area (Å²) in [6.45, 7) is -0.815. The molecule has 0 spiro atoms. The minimum Gasteiger partial charge on any atom is -0.434 e. The van der Waals surface area contributed by atoms with Crippen LogP contribution in [0.2, 0.25) is 0 Å². The summed E-state index contributed by atoms with van der Waals surface area (Å²) in [5.74, 6) is -0.750. The number of esters is 1. The number of carbonyl (C=O) groups is 1. The third-order valence-electron chi connectivity index (χ3n) is 2.07. The Morgan fingerprint density at radius 1 is 1.44 bits per heavy atom. The fraction of sp³-hybridized carbons (Fsp3) is 0.111. The van der Waals surface area contributed by atoms with Gasteiger partial charge in [-0.1, -0.05) is 0 Å². The van der Waals surface area contributed by atoms with E-state index >= 15 is 0 Å². The number of carbonyl (C=O) groups excluding carboxylic acids is 1. The molecule has 1 heterocycles. The highest BCUT2D eigenvalue weighted by atomic mass is 31.2. The number of phosphoric acid groups is 1. The number of imidazole rings is 1. The Bertz CT molecular complexity index is 618. The van der Waals surface area contributed by atoms with Gasteiger partial charge < -0.3 is 19.5 Å². The molecule has 0 aliphatic heterocycles. The number of rotatable bonds is 4. The molecule has 1 aromatic carbocycles. The molecule has 0 atom stereocenters. The molecule has 0 saturated carbocycles. The van der Waals surface area contributed by atoms with E-state index in [4.69, 9.17) is 9.79 Å². The van der Waals surface area contributed by atoms with Crippen LogP contribution in [0.25, 0.3) is 11.0 Å². The van der Waals surface area contributed by atoms with Gasteiger partial charge in [-0.15, -0.1) is 0 Å². The predicted octanol–water partition coefficient (Wildman–Crippen LogP) is 0.786. The van der Waals surface area contributed by atoms with Crippen LogP contribution < -0.4 is 0 Å². The maximum absolute atomic E-state index is 11.5. The summed E-state index contributed by atoms with van der Waals surface area (Å²) in [6.07, 6.45) is 1.48. The smallest absolute Gasteiger partial charge is 0.434 e. The van der Waals surface area contributed by atoms with Crippen molar-refractivity contribution in [2.75, 3.05) is 6.79 Å². The molecule has 0 bridgehead atoms. The van der Waals surface area contributed by atoms with E-state index in [0.29, 0.717) is 11.0 Å². The number of nitrogens with one attached hydrogen (secondary N) is 1. The molecule has 0 unspecified atom stereocenters. The van der Waals surface area contributed by atoms with Crippen LogP contribution in [0.5, 0.6) is 0 Å². The van der Waals surface area contributed by atoms with E-state index in [1.165, 1.54) is 18.5 Å². The summed E-state index contributed by atoms with van der Waals surface area (Å²) in [6, 6.07) is 4.62. The van der Waals surface area contributed by atoms with Gasteiger partial charge in [-0.05, 0) is 18.2 Å². The van der Waals surface area contributed by atoms with Gasteiger partial charge in [-0.25, -0.2) is 18.9 Å². The zero-order valence-corrected chi connectivity index (χ0v) is 9.83. The summed E-state index contributed by atoms with van der Waals surface area (Å²) < 4.78 is 18.9. The molecule has 9 heteroatoms. The van der Waals surface area contributed by atoms with Crippen LogP contribution in [0.1, 0.15) is 10.4 Å². The van der Waals surface area contributed by atoms with E-state index in [1.807, 2.05) is 0 Å². The molecule has 0 aliphatic rings. The number of phosphoric ester groups is 1. The zero-order chi connectivity index (χ0) is 13.2. The third kappa shape index (κ3) is 3.14. The van der Waals surface area contributed by atoms with Crippen molar-refractivity contribution < 1.29 is 28.4 Å². The Hall–Kier alpha value is -1.73. The molecular formula is C9H9N2O6P. The highest BCUT2D eigenvalue weighted by Gasteiger charge is 2.15. The summed E-state index contributed by atoms with van der Waals surface area (Å²) in [4.78, 5) is 35.1. The Balaban J connectivity index is 2.02. The van der Waals surface area contributed by atoms with Gasteiger partial charge in [0, 0.05) is 0 Å². The SMILES string of the molecule is O=C(OCOP(=O)(O)O)c1ccc2nc[nH]c2c1. The van der Waals surface area contributed by atoms with Gasteiger partial charge in [0.2, 0.25) is 6.79 Å². The molecule has 2 rings (SSSR count). The van der Waals surface area contributed by atoms with Gasteiger partial charge >= 0.3 is 13.8 Å². The van der Waals surface area contributed by atoms with Gasteiger partial charge in [0.15, 0.2) is 0 Å². The van der Waals surface area contributed by atoms with E-state index in [-0.39, 0.29) is 5.56 Å². The predicted molar refractivity (Wildman–Crippen MR) is 59.5 cm³/mol. The first-order valence-corrected chi connectivity index (χ1v) is 6.29. The lowest BCUT2D eigenvalue weighted by Crippen LogP contribution is -2.07. The van der Waals surface area contributed by atoms with Crippen molar-refractivity contribution in [2.45, 2.75) is 0 Å². The number of aromatic amines is 1. The summed E-state index contributed by atoms with van der Waals surface area (Å²) in [7, 11) is -4.64. The molecule has 8 nitrogen and oxygen atoms in total. The van der Waals surface area contributed by atoms with Crippen molar-refractivity contribution in [2.24, 2.45) is 0 Å². The normalized spacial score (nSPS) is 11.7. The minimum atomic E-state index is -4.64. The lowest BCUT2D eigenvalue weighted by Gasteiger charge is -2.06.